The van der Waals surface area contributed by atoms with Gasteiger partial charge in [-0.15, -0.1) is 5.10 Å². The first-order valence-electron chi connectivity index (χ1n) is 8.72. The zero-order valence-corrected chi connectivity index (χ0v) is 15.6. The molecule has 0 saturated carbocycles. The molecule has 0 unspecified atom stereocenters. The summed E-state index contributed by atoms with van der Waals surface area (Å²) in [6, 6.07) is 14.7. The fraction of sp³-hybridized carbons (Fsp3) is 0. The minimum absolute atomic E-state index is 0.0270. The van der Waals surface area contributed by atoms with Crippen molar-refractivity contribution in [3.63, 3.8) is 0 Å². The van der Waals surface area contributed by atoms with E-state index in [1.165, 1.54) is 24.4 Å². The lowest BCUT2D eigenvalue weighted by Gasteiger charge is -2.05. The lowest BCUT2D eigenvalue weighted by atomic mass is 10.1. The number of nitrogens with two attached hydrogens (primary N) is 1. The van der Waals surface area contributed by atoms with Crippen molar-refractivity contribution in [1.29, 1.82) is 0 Å². The number of carbonyl (C=O) groups excluding carboxylic acids is 1. The van der Waals surface area contributed by atoms with Crippen LogP contribution < -0.4 is 11.2 Å². The average Bonchev–Trinajstić information content (AvgIpc) is 3.40. The second-order valence-corrected chi connectivity index (χ2v) is 6.09. The molecule has 0 aliphatic rings. The van der Waals surface area contributed by atoms with Crippen LogP contribution in [0.5, 0.6) is 0 Å². The predicted octanol–water partition coefficient (Wildman–Crippen LogP) is 1.57. The Morgan fingerprint density at radius 1 is 1.19 bits per heavy atom. The number of nitrogens with one attached hydrogen (secondary N) is 1. The maximum absolute atomic E-state index is 12.8. The molecule has 2 heterocycles. The van der Waals surface area contributed by atoms with Crippen LogP contribution in [0.2, 0.25) is 0 Å². The first-order chi connectivity index (χ1) is 15.0. The molecule has 31 heavy (non-hydrogen) atoms. The van der Waals surface area contributed by atoms with E-state index in [9.17, 15) is 14.9 Å². The van der Waals surface area contributed by atoms with Gasteiger partial charge in [-0.25, -0.2) is 10.1 Å². The van der Waals surface area contributed by atoms with Gasteiger partial charge < -0.3 is 5.73 Å². The van der Waals surface area contributed by atoms with Crippen molar-refractivity contribution in [2.75, 3.05) is 5.73 Å². The highest BCUT2D eigenvalue weighted by Gasteiger charge is 2.26. The van der Waals surface area contributed by atoms with Crippen LogP contribution in [0.3, 0.4) is 0 Å². The van der Waals surface area contributed by atoms with E-state index in [4.69, 9.17) is 5.73 Å². The van der Waals surface area contributed by atoms with Crippen molar-refractivity contribution < 1.29 is 14.3 Å². The third-order valence-electron chi connectivity index (χ3n) is 4.09. The Morgan fingerprint density at radius 3 is 2.71 bits per heavy atom. The SMILES string of the molecule is Nc1nonc1-n1nnc(C(=O)N/N=C\c2ccccc2)c1-c1cccc([N+](=O)[O-])c1. The number of nitro benzene ring substituents is 1. The molecule has 0 fully saturated rings. The number of nitro groups is 1. The Labute approximate surface area is 173 Å². The van der Waals surface area contributed by atoms with E-state index in [0.717, 1.165) is 10.2 Å². The number of hydrazone groups is 1. The van der Waals surface area contributed by atoms with Crippen LogP contribution in [0.15, 0.2) is 64.3 Å². The predicted molar refractivity (Wildman–Crippen MR) is 107 cm³/mol. The lowest BCUT2D eigenvalue weighted by molar-refractivity contribution is -0.384. The number of hydrogen-bond acceptors (Lipinski definition) is 10. The molecule has 0 atom stereocenters. The third kappa shape index (κ3) is 3.95. The molecule has 0 radical (unpaired) electrons. The molecule has 0 aliphatic heterocycles. The van der Waals surface area contributed by atoms with Crippen LogP contribution in [0.25, 0.3) is 17.1 Å². The molecule has 0 saturated heterocycles. The summed E-state index contributed by atoms with van der Waals surface area (Å²) in [5, 5.41) is 30.0. The van der Waals surface area contributed by atoms with Crippen molar-refractivity contribution in [2.45, 2.75) is 0 Å². The van der Waals surface area contributed by atoms with E-state index in [-0.39, 0.29) is 34.3 Å². The summed E-state index contributed by atoms with van der Waals surface area (Å²) in [6.45, 7) is 0. The molecule has 4 rings (SSSR count). The molecule has 4 aromatic rings. The highest BCUT2D eigenvalue weighted by molar-refractivity contribution is 5.99. The highest BCUT2D eigenvalue weighted by Crippen LogP contribution is 2.28. The minimum atomic E-state index is -0.699. The van der Waals surface area contributed by atoms with Crippen LogP contribution in [-0.2, 0) is 0 Å². The highest BCUT2D eigenvalue weighted by atomic mass is 16.6. The number of benzene rings is 2. The first kappa shape index (κ1) is 19.4. The van der Waals surface area contributed by atoms with Crippen LogP contribution in [0.1, 0.15) is 16.1 Å². The number of non-ortho nitro benzene ring substituents is 1. The first-order valence-corrected chi connectivity index (χ1v) is 8.72. The Bertz CT molecular complexity index is 1280. The van der Waals surface area contributed by atoms with Gasteiger partial charge in [-0.05, 0) is 15.9 Å². The Kier molecular flexibility index (Phi) is 5.13. The second kappa shape index (κ2) is 8.20. The summed E-state index contributed by atoms with van der Waals surface area (Å²) in [6.07, 6.45) is 1.45. The average molecular weight is 419 g/mol. The van der Waals surface area contributed by atoms with Crippen LogP contribution in [-0.4, -0.2) is 42.4 Å². The summed E-state index contributed by atoms with van der Waals surface area (Å²) in [5.41, 5.74) is 8.89. The molecular weight excluding hydrogens is 406 g/mol. The molecule has 13 heteroatoms. The molecule has 154 valence electrons. The number of nitrogens with zero attached hydrogens (tertiary/aromatic N) is 7. The summed E-state index contributed by atoms with van der Waals surface area (Å²) in [7, 11) is 0. The fourth-order valence-corrected chi connectivity index (χ4v) is 2.70. The maximum atomic E-state index is 12.8. The zero-order valence-electron chi connectivity index (χ0n) is 15.6. The molecule has 2 aromatic heterocycles. The van der Waals surface area contributed by atoms with Crippen molar-refractivity contribution >= 4 is 23.6 Å². The Balaban J connectivity index is 1.74. The van der Waals surface area contributed by atoms with Gasteiger partial charge >= 0.3 is 0 Å². The van der Waals surface area contributed by atoms with Gasteiger partial charge in [0.05, 0.1) is 11.1 Å². The van der Waals surface area contributed by atoms with E-state index in [1.807, 2.05) is 18.2 Å². The lowest BCUT2D eigenvalue weighted by Crippen LogP contribution is -2.19. The van der Waals surface area contributed by atoms with Crippen molar-refractivity contribution in [1.82, 2.24) is 30.7 Å². The molecule has 2 aromatic carbocycles. The van der Waals surface area contributed by atoms with Gasteiger partial charge in [0, 0.05) is 17.7 Å². The molecule has 3 N–H and O–H groups in total. The van der Waals surface area contributed by atoms with Gasteiger partial charge in [0.2, 0.25) is 11.6 Å². The summed E-state index contributed by atoms with van der Waals surface area (Å²) in [4.78, 5) is 23.4. The number of amides is 1. The van der Waals surface area contributed by atoms with E-state index >= 15 is 0 Å². The normalized spacial score (nSPS) is 11.0. The summed E-state index contributed by atoms with van der Waals surface area (Å²) >= 11 is 0. The van der Waals surface area contributed by atoms with Crippen molar-refractivity contribution in [2.24, 2.45) is 5.10 Å². The van der Waals surface area contributed by atoms with E-state index in [2.05, 4.69) is 35.8 Å². The van der Waals surface area contributed by atoms with Crippen LogP contribution in [0, 0.1) is 10.1 Å². The standard InChI is InChI=1S/C18H13N9O4/c19-16-17(24-31-23-16)26-15(12-7-4-8-13(9-12)27(29)30)14(21-25-26)18(28)22-20-10-11-5-2-1-3-6-11/h1-10H,(H2,19,23)(H,22,28)/b20-10-. The van der Waals surface area contributed by atoms with E-state index in [0.29, 0.717) is 0 Å². The minimum Gasteiger partial charge on any atom is -0.378 e. The maximum Gasteiger partial charge on any atom is 0.294 e. The van der Waals surface area contributed by atoms with Crippen LogP contribution in [0.4, 0.5) is 11.5 Å². The molecule has 0 aliphatic carbocycles. The smallest absolute Gasteiger partial charge is 0.294 e. The van der Waals surface area contributed by atoms with E-state index in [1.54, 1.807) is 18.2 Å². The van der Waals surface area contributed by atoms with Crippen molar-refractivity contribution in [3.8, 4) is 17.1 Å². The van der Waals surface area contributed by atoms with Gasteiger partial charge in [0.1, 0.15) is 5.69 Å². The molecule has 0 spiro atoms. The third-order valence-corrected chi connectivity index (χ3v) is 4.09. The molecule has 0 bridgehead atoms. The summed E-state index contributed by atoms with van der Waals surface area (Å²) < 4.78 is 5.70. The topological polar surface area (TPSA) is 180 Å². The number of carbonyl (C=O) groups is 1. The van der Waals surface area contributed by atoms with Crippen LogP contribution >= 0.6 is 0 Å². The van der Waals surface area contributed by atoms with E-state index < -0.39 is 10.8 Å². The van der Waals surface area contributed by atoms with Gasteiger partial charge in [0.25, 0.3) is 11.6 Å². The Hall–Kier alpha value is -4.94. The number of anilines is 1. The zero-order chi connectivity index (χ0) is 21.8. The van der Waals surface area contributed by atoms with Gasteiger partial charge in [-0.1, -0.05) is 47.7 Å². The quantitative estimate of drug-likeness (QED) is 0.266. The second-order valence-electron chi connectivity index (χ2n) is 6.09. The Morgan fingerprint density at radius 2 is 2.00 bits per heavy atom. The van der Waals surface area contributed by atoms with Gasteiger partial charge in [-0.2, -0.15) is 9.78 Å². The largest absolute Gasteiger partial charge is 0.378 e. The molecular formula is C18H13N9O4. The van der Waals surface area contributed by atoms with Crippen molar-refractivity contribution in [3.05, 3.63) is 76.0 Å². The molecule has 1 amide bonds. The fourth-order valence-electron chi connectivity index (χ4n) is 2.70. The monoisotopic (exact) mass is 419 g/mol. The number of hydrogen-bond donors (Lipinski definition) is 2. The molecule has 13 nitrogen and oxygen atoms in total. The summed E-state index contributed by atoms with van der Waals surface area (Å²) in [5.74, 6) is -0.832. The number of nitrogen functional groups attached to an aromatic ring is 1. The number of aromatic nitrogens is 5. The van der Waals surface area contributed by atoms with Gasteiger partial charge in [0.15, 0.2) is 5.69 Å². The number of rotatable bonds is 6. The van der Waals surface area contributed by atoms with Gasteiger partial charge in [-0.3, -0.25) is 14.9 Å².